The standard InChI is InChI=1S/C11H19S2/c12-10-8-6-4-2-1-3-5-7-9-11-13/h1,10-11H,2-9H2. The highest BCUT2D eigenvalue weighted by Gasteiger charge is 1.90. The Morgan fingerprint density at radius 3 is 1.38 bits per heavy atom. The van der Waals surface area contributed by atoms with Crippen LogP contribution in [0, 0.1) is 6.42 Å². The number of unbranched alkanes of at least 4 members (excludes halogenated alkanes) is 8. The molecule has 0 saturated heterocycles. The normalized spacial score (nSPS) is 9.85. The van der Waals surface area contributed by atoms with E-state index in [-0.39, 0.29) is 0 Å². The number of hydrogen-bond donors (Lipinski definition) is 0. The van der Waals surface area contributed by atoms with Gasteiger partial charge in [0.2, 0.25) is 0 Å². The van der Waals surface area contributed by atoms with Gasteiger partial charge in [-0.3, -0.25) is 0 Å². The van der Waals surface area contributed by atoms with Gasteiger partial charge in [0, 0.05) is 0 Å². The second-order valence-corrected chi connectivity index (χ2v) is 3.86. The summed E-state index contributed by atoms with van der Waals surface area (Å²) >= 11 is 9.50. The summed E-state index contributed by atoms with van der Waals surface area (Å²) < 4.78 is 0. The van der Waals surface area contributed by atoms with Gasteiger partial charge >= 0.3 is 0 Å². The second-order valence-electron chi connectivity index (χ2n) is 3.19. The van der Waals surface area contributed by atoms with Crippen LogP contribution in [0.5, 0.6) is 0 Å². The molecule has 2 heteroatoms. The zero-order valence-electron chi connectivity index (χ0n) is 8.21. The SMILES string of the molecule is S=CCCCC[CH]CCCCC=S. The smallest absolute Gasteiger partial charge is 0.0210 e. The van der Waals surface area contributed by atoms with Crippen LogP contribution < -0.4 is 0 Å². The second kappa shape index (κ2) is 12.2. The van der Waals surface area contributed by atoms with E-state index in [4.69, 9.17) is 24.4 Å². The first-order valence-electron chi connectivity index (χ1n) is 5.10. The molecule has 1 radical (unpaired) electrons. The lowest BCUT2D eigenvalue weighted by Crippen LogP contribution is -1.82. The quantitative estimate of drug-likeness (QED) is 0.393. The van der Waals surface area contributed by atoms with Crippen LogP contribution in [0.25, 0.3) is 0 Å². The van der Waals surface area contributed by atoms with Crippen LogP contribution in [0.4, 0.5) is 0 Å². The Morgan fingerprint density at radius 1 is 0.615 bits per heavy atom. The first kappa shape index (κ1) is 13.2. The van der Waals surface area contributed by atoms with Gasteiger partial charge in [0.05, 0.1) is 0 Å². The molecular formula is C11H19S2. The highest BCUT2D eigenvalue weighted by molar-refractivity contribution is 7.79. The summed E-state index contributed by atoms with van der Waals surface area (Å²) in [5, 5.41) is 3.67. The average molecular weight is 215 g/mol. The topological polar surface area (TPSA) is 0 Å². The fourth-order valence-electron chi connectivity index (χ4n) is 1.18. The van der Waals surface area contributed by atoms with E-state index in [1.54, 1.807) is 0 Å². The van der Waals surface area contributed by atoms with Crippen molar-refractivity contribution >= 4 is 35.2 Å². The lowest BCUT2D eigenvalue weighted by atomic mass is 10.1. The Morgan fingerprint density at radius 2 is 1.00 bits per heavy atom. The summed E-state index contributed by atoms with van der Waals surface area (Å²) in [6, 6.07) is 0. The van der Waals surface area contributed by atoms with Gasteiger partial charge in [-0.2, -0.15) is 0 Å². The minimum atomic E-state index is 1.09. The number of rotatable bonds is 10. The fourth-order valence-corrected chi connectivity index (χ4v) is 1.51. The molecule has 0 fully saturated rings. The van der Waals surface area contributed by atoms with Crippen molar-refractivity contribution in [3.05, 3.63) is 6.42 Å². The molecule has 13 heavy (non-hydrogen) atoms. The monoisotopic (exact) mass is 215 g/mol. The van der Waals surface area contributed by atoms with Crippen molar-refractivity contribution in [2.24, 2.45) is 0 Å². The van der Waals surface area contributed by atoms with Gasteiger partial charge in [-0.1, -0.05) is 50.1 Å². The summed E-state index contributed by atoms with van der Waals surface area (Å²) in [6.07, 6.45) is 12.2. The van der Waals surface area contributed by atoms with Crippen LogP contribution >= 0.6 is 24.4 Å². The molecule has 0 spiro atoms. The molecule has 0 bridgehead atoms. The molecule has 0 nitrogen and oxygen atoms in total. The van der Waals surface area contributed by atoms with Crippen LogP contribution in [0.15, 0.2) is 0 Å². The summed E-state index contributed by atoms with van der Waals surface area (Å²) in [6.45, 7) is 0. The van der Waals surface area contributed by atoms with Gasteiger partial charge in [-0.25, -0.2) is 0 Å². The molecule has 75 valence electrons. The lowest BCUT2D eigenvalue weighted by molar-refractivity contribution is 0.689. The van der Waals surface area contributed by atoms with E-state index in [2.05, 4.69) is 6.42 Å². The van der Waals surface area contributed by atoms with Crippen molar-refractivity contribution < 1.29 is 0 Å². The summed E-state index contributed by atoms with van der Waals surface area (Å²) in [5.74, 6) is 0. The van der Waals surface area contributed by atoms with E-state index in [9.17, 15) is 0 Å². The maximum Gasteiger partial charge on any atom is -0.0210 e. The summed E-state index contributed by atoms with van der Waals surface area (Å²) in [4.78, 5) is 0. The van der Waals surface area contributed by atoms with Crippen LogP contribution in [0.1, 0.15) is 51.4 Å². The zero-order chi connectivity index (χ0) is 9.78. The predicted molar refractivity (Wildman–Crippen MR) is 68.5 cm³/mol. The molecule has 0 atom stereocenters. The van der Waals surface area contributed by atoms with Gasteiger partial charge in [0.25, 0.3) is 0 Å². The lowest BCUT2D eigenvalue weighted by Gasteiger charge is -1.98. The molecular weight excluding hydrogens is 196 g/mol. The third-order valence-electron chi connectivity index (χ3n) is 1.96. The number of thiocarbonyl (C=S) groups is 2. The molecule has 0 aromatic heterocycles. The van der Waals surface area contributed by atoms with E-state index < -0.39 is 0 Å². The van der Waals surface area contributed by atoms with Crippen LogP contribution in [-0.2, 0) is 0 Å². The minimum Gasteiger partial charge on any atom is -0.0935 e. The Bertz CT molecular complexity index is 107. The van der Waals surface area contributed by atoms with Gasteiger partial charge in [-0.15, -0.1) is 0 Å². The van der Waals surface area contributed by atoms with Crippen molar-refractivity contribution in [1.82, 2.24) is 0 Å². The van der Waals surface area contributed by atoms with Crippen molar-refractivity contribution in [2.75, 3.05) is 0 Å². The van der Waals surface area contributed by atoms with Crippen molar-refractivity contribution in [3.63, 3.8) is 0 Å². The Hall–Kier alpha value is 0.180. The Labute approximate surface area is 93.1 Å². The fraction of sp³-hybridized carbons (Fsp3) is 0.727. The van der Waals surface area contributed by atoms with Crippen LogP contribution in [-0.4, -0.2) is 10.7 Å². The molecule has 0 unspecified atom stereocenters. The third-order valence-corrected chi connectivity index (χ3v) is 2.43. The maximum absolute atomic E-state index is 4.75. The highest BCUT2D eigenvalue weighted by Crippen LogP contribution is 2.07. The summed E-state index contributed by atoms with van der Waals surface area (Å²) in [5.41, 5.74) is 0. The minimum absolute atomic E-state index is 1.09. The van der Waals surface area contributed by atoms with Crippen LogP contribution in [0.2, 0.25) is 0 Å². The first-order valence-corrected chi connectivity index (χ1v) is 6.05. The van der Waals surface area contributed by atoms with Crippen molar-refractivity contribution in [2.45, 2.75) is 51.4 Å². The Kier molecular flexibility index (Phi) is 12.3. The molecule has 0 aliphatic heterocycles. The maximum atomic E-state index is 4.75. The molecule has 0 aliphatic rings. The molecule has 0 rings (SSSR count). The first-order chi connectivity index (χ1) is 6.41. The van der Waals surface area contributed by atoms with Crippen molar-refractivity contribution in [3.8, 4) is 0 Å². The van der Waals surface area contributed by atoms with E-state index in [1.165, 1.54) is 38.5 Å². The molecule has 0 aliphatic carbocycles. The molecule has 0 N–H and O–H groups in total. The molecule has 0 aromatic carbocycles. The summed E-state index contributed by atoms with van der Waals surface area (Å²) in [7, 11) is 0. The molecule has 0 heterocycles. The largest absolute Gasteiger partial charge is 0.0935 e. The van der Waals surface area contributed by atoms with Gasteiger partial charge < -0.3 is 0 Å². The number of hydrogen-bond acceptors (Lipinski definition) is 2. The van der Waals surface area contributed by atoms with Crippen LogP contribution in [0.3, 0.4) is 0 Å². The van der Waals surface area contributed by atoms with E-state index >= 15 is 0 Å². The molecule has 0 amide bonds. The average Bonchev–Trinajstić information content (AvgIpc) is 2.16. The van der Waals surface area contributed by atoms with E-state index in [0.29, 0.717) is 0 Å². The van der Waals surface area contributed by atoms with Crippen molar-refractivity contribution in [1.29, 1.82) is 0 Å². The molecule has 0 saturated carbocycles. The van der Waals surface area contributed by atoms with Gasteiger partial charge in [0.15, 0.2) is 0 Å². The highest BCUT2D eigenvalue weighted by atomic mass is 32.1. The van der Waals surface area contributed by atoms with Gasteiger partial charge in [-0.05, 0) is 42.8 Å². The Balaban J connectivity index is 2.83. The van der Waals surface area contributed by atoms with E-state index in [1.807, 2.05) is 10.7 Å². The van der Waals surface area contributed by atoms with Gasteiger partial charge in [0.1, 0.15) is 0 Å². The molecule has 0 aromatic rings. The third kappa shape index (κ3) is 12.2. The zero-order valence-corrected chi connectivity index (χ0v) is 9.84. The predicted octanol–water partition coefficient (Wildman–Crippen LogP) is 4.31. The van der Waals surface area contributed by atoms with E-state index in [0.717, 1.165) is 12.8 Å².